The van der Waals surface area contributed by atoms with E-state index in [0.717, 1.165) is 5.56 Å². The average molecular weight is 181 g/mol. The van der Waals surface area contributed by atoms with E-state index < -0.39 is 0 Å². The second-order valence-corrected chi connectivity index (χ2v) is 3.33. The highest BCUT2D eigenvalue weighted by molar-refractivity contribution is 5.24. The van der Waals surface area contributed by atoms with E-state index in [-0.39, 0.29) is 6.61 Å². The number of pyridine rings is 1. The van der Waals surface area contributed by atoms with E-state index in [9.17, 15) is 0 Å². The summed E-state index contributed by atoms with van der Waals surface area (Å²) in [6.07, 6.45) is 1.66. The first kappa shape index (κ1) is 9.99. The Kier molecular flexibility index (Phi) is 3.71. The average Bonchev–Trinajstić information content (AvgIpc) is 2.15. The Hall–Kier alpha value is -1.09. The molecule has 0 amide bonds. The van der Waals surface area contributed by atoms with Gasteiger partial charge in [-0.1, -0.05) is 13.8 Å². The van der Waals surface area contributed by atoms with Gasteiger partial charge in [-0.15, -0.1) is 0 Å². The molecule has 0 aliphatic heterocycles. The van der Waals surface area contributed by atoms with Crippen LogP contribution in [0.1, 0.15) is 19.4 Å². The molecule has 1 aromatic rings. The van der Waals surface area contributed by atoms with E-state index in [1.54, 1.807) is 12.3 Å². The smallest absolute Gasteiger partial charge is 0.218 e. The molecule has 1 heterocycles. The molecule has 1 N–H and O–H groups in total. The van der Waals surface area contributed by atoms with Crippen molar-refractivity contribution in [3.63, 3.8) is 0 Å². The van der Waals surface area contributed by atoms with Gasteiger partial charge in [0.15, 0.2) is 0 Å². The van der Waals surface area contributed by atoms with E-state index >= 15 is 0 Å². The zero-order valence-corrected chi connectivity index (χ0v) is 8.03. The lowest BCUT2D eigenvalue weighted by molar-refractivity contribution is 0.238. The number of hydrogen-bond donors (Lipinski definition) is 1. The Balaban J connectivity index is 2.64. The summed E-state index contributed by atoms with van der Waals surface area (Å²) in [5, 5.41) is 8.96. The molecule has 0 aliphatic rings. The number of rotatable bonds is 4. The lowest BCUT2D eigenvalue weighted by Gasteiger charge is -2.09. The highest BCUT2D eigenvalue weighted by Gasteiger charge is 2.03. The van der Waals surface area contributed by atoms with Gasteiger partial charge >= 0.3 is 0 Å². The fourth-order valence-electron chi connectivity index (χ4n) is 0.920. The van der Waals surface area contributed by atoms with Crippen LogP contribution in [0, 0.1) is 5.92 Å². The lowest BCUT2D eigenvalue weighted by atomic mass is 10.2. The number of nitrogens with zero attached hydrogens (tertiary/aromatic N) is 1. The molecular weight excluding hydrogens is 166 g/mol. The largest absolute Gasteiger partial charge is 0.477 e. The third-order valence-corrected chi connectivity index (χ3v) is 1.57. The molecule has 0 spiro atoms. The molecule has 0 saturated heterocycles. The first-order valence-electron chi connectivity index (χ1n) is 4.41. The summed E-state index contributed by atoms with van der Waals surface area (Å²) in [6.45, 7) is 4.74. The topological polar surface area (TPSA) is 42.4 Å². The van der Waals surface area contributed by atoms with Gasteiger partial charge in [-0.2, -0.15) is 0 Å². The molecule has 0 unspecified atom stereocenters. The van der Waals surface area contributed by atoms with Crippen LogP contribution in [-0.2, 0) is 6.61 Å². The van der Waals surface area contributed by atoms with Crippen LogP contribution in [0.3, 0.4) is 0 Å². The normalized spacial score (nSPS) is 10.5. The minimum Gasteiger partial charge on any atom is -0.477 e. The fourth-order valence-corrected chi connectivity index (χ4v) is 0.920. The molecule has 3 heteroatoms. The van der Waals surface area contributed by atoms with Crippen molar-refractivity contribution in [1.82, 2.24) is 4.98 Å². The molecular formula is C10H15NO2. The molecule has 13 heavy (non-hydrogen) atoms. The quantitative estimate of drug-likeness (QED) is 0.767. The molecule has 1 rings (SSSR count). The van der Waals surface area contributed by atoms with Gasteiger partial charge in [0.25, 0.3) is 0 Å². The summed E-state index contributed by atoms with van der Waals surface area (Å²) >= 11 is 0. The van der Waals surface area contributed by atoms with Crippen molar-refractivity contribution >= 4 is 0 Å². The van der Waals surface area contributed by atoms with Crippen molar-refractivity contribution in [2.45, 2.75) is 20.5 Å². The zero-order chi connectivity index (χ0) is 9.68. The van der Waals surface area contributed by atoms with Crippen molar-refractivity contribution in [1.29, 1.82) is 0 Å². The SMILES string of the molecule is CC(C)COc1ncccc1CO. The standard InChI is InChI=1S/C10H15NO2/c1-8(2)7-13-10-9(6-12)4-3-5-11-10/h3-5,8,12H,6-7H2,1-2H3. The molecule has 0 aliphatic carbocycles. The number of aliphatic hydroxyl groups excluding tert-OH is 1. The van der Waals surface area contributed by atoms with Gasteiger partial charge in [0.1, 0.15) is 0 Å². The van der Waals surface area contributed by atoms with E-state index in [0.29, 0.717) is 18.4 Å². The molecule has 72 valence electrons. The highest BCUT2D eigenvalue weighted by atomic mass is 16.5. The van der Waals surface area contributed by atoms with Gasteiger partial charge in [-0.3, -0.25) is 0 Å². The van der Waals surface area contributed by atoms with Crippen LogP contribution in [0.5, 0.6) is 5.88 Å². The van der Waals surface area contributed by atoms with Crippen molar-refractivity contribution in [2.75, 3.05) is 6.61 Å². The Morgan fingerprint density at radius 1 is 1.54 bits per heavy atom. The number of aromatic nitrogens is 1. The van der Waals surface area contributed by atoms with Crippen LogP contribution in [0.15, 0.2) is 18.3 Å². The van der Waals surface area contributed by atoms with Gasteiger partial charge in [0, 0.05) is 11.8 Å². The zero-order valence-electron chi connectivity index (χ0n) is 8.03. The summed E-state index contributed by atoms with van der Waals surface area (Å²) in [6, 6.07) is 3.59. The van der Waals surface area contributed by atoms with Gasteiger partial charge < -0.3 is 9.84 Å². The summed E-state index contributed by atoms with van der Waals surface area (Å²) in [5.74, 6) is 1.01. The second-order valence-electron chi connectivity index (χ2n) is 3.33. The van der Waals surface area contributed by atoms with Crippen LogP contribution in [0.25, 0.3) is 0 Å². The second kappa shape index (κ2) is 4.82. The van der Waals surface area contributed by atoms with Crippen molar-refractivity contribution in [2.24, 2.45) is 5.92 Å². The minimum absolute atomic E-state index is 0.0265. The molecule has 0 atom stereocenters. The maximum atomic E-state index is 8.96. The lowest BCUT2D eigenvalue weighted by Crippen LogP contribution is -2.07. The van der Waals surface area contributed by atoms with Gasteiger partial charge in [-0.25, -0.2) is 4.98 Å². The van der Waals surface area contributed by atoms with Crippen LogP contribution in [0.4, 0.5) is 0 Å². The van der Waals surface area contributed by atoms with Gasteiger partial charge in [0.05, 0.1) is 13.2 Å². The third kappa shape index (κ3) is 3.03. The highest BCUT2D eigenvalue weighted by Crippen LogP contribution is 2.14. The third-order valence-electron chi connectivity index (χ3n) is 1.57. The van der Waals surface area contributed by atoms with Gasteiger partial charge in [-0.05, 0) is 18.1 Å². The number of aliphatic hydroxyl groups is 1. The van der Waals surface area contributed by atoms with E-state index in [2.05, 4.69) is 18.8 Å². The Bertz CT molecular complexity index is 261. The van der Waals surface area contributed by atoms with Crippen molar-refractivity contribution in [3.05, 3.63) is 23.9 Å². The first-order valence-corrected chi connectivity index (χ1v) is 4.41. The fraction of sp³-hybridized carbons (Fsp3) is 0.500. The predicted octanol–water partition coefficient (Wildman–Crippen LogP) is 1.61. The summed E-state index contributed by atoms with van der Waals surface area (Å²) in [4.78, 5) is 4.04. The Labute approximate surface area is 78.4 Å². The summed E-state index contributed by atoms with van der Waals surface area (Å²) in [5.41, 5.74) is 0.739. The van der Waals surface area contributed by atoms with Crippen LogP contribution >= 0.6 is 0 Å². The van der Waals surface area contributed by atoms with Crippen LogP contribution in [-0.4, -0.2) is 16.7 Å². The van der Waals surface area contributed by atoms with E-state index in [1.807, 2.05) is 6.07 Å². The molecule has 0 fully saturated rings. The van der Waals surface area contributed by atoms with Gasteiger partial charge in [0.2, 0.25) is 5.88 Å². The van der Waals surface area contributed by atoms with E-state index in [1.165, 1.54) is 0 Å². The van der Waals surface area contributed by atoms with Crippen molar-refractivity contribution < 1.29 is 9.84 Å². The maximum Gasteiger partial charge on any atom is 0.218 e. The van der Waals surface area contributed by atoms with Crippen molar-refractivity contribution in [3.8, 4) is 5.88 Å². The van der Waals surface area contributed by atoms with Crippen LogP contribution in [0.2, 0.25) is 0 Å². The molecule has 0 radical (unpaired) electrons. The summed E-state index contributed by atoms with van der Waals surface area (Å²) < 4.78 is 5.42. The summed E-state index contributed by atoms with van der Waals surface area (Å²) in [7, 11) is 0. The monoisotopic (exact) mass is 181 g/mol. The number of ether oxygens (including phenoxy) is 1. The number of hydrogen-bond acceptors (Lipinski definition) is 3. The van der Waals surface area contributed by atoms with E-state index in [4.69, 9.17) is 9.84 Å². The molecule has 0 aromatic carbocycles. The molecule has 3 nitrogen and oxygen atoms in total. The van der Waals surface area contributed by atoms with Crippen LogP contribution < -0.4 is 4.74 Å². The molecule has 0 bridgehead atoms. The Morgan fingerprint density at radius 2 is 2.31 bits per heavy atom. The predicted molar refractivity (Wildman–Crippen MR) is 50.5 cm³/mol. The molecule has 1 aromatic heterocycles. The maximum absolute atomic E-state index is 8.96. The first-order chi connectivity index (χ1) is 6.24. The molecule has 0 saturated carbocycles. The minimum atomic E-state index is -0.0265. The Morgan fingerprint density at radius 3 is 2.92 bits per heavy atom.